The standard InChI is InChI=1S/C19H12F3N5O/c20-19(21,22)13-5-3-6-14(10-13)24-18(28)16-8-9-17(27-26-16)25-15-7-2-1-4-12(15)11-23/h1-10H,(H,24,28)(H,25,27). The molecule has 0 aliphatic heterocycles. The molecule has 3 rings (SSSR count). The Morgan fingerprint density at radius 1 is 1.00 bits per heavy atom. The maximum atomic E-state index is 12.7. The molecule has 0 saturated carbocycles. The second kappa shape index (κ2) is 7.75. The molecule has 0 saturated heterocycles. The second-order valence-electron chi connectivity index (χ2n) is 5.62. The summed E-state index contributed by atoms with van der Waals surface area (Å²) in [7, 11) is 0. The molecule has 0 bridgehead atoms. The summed E-state index contributed by atoms with van der Waals surface area (Å²) < 4.78 is 38.2. The monoisotopic (exact) mass is 383 g/mol. The van der Waals surface area contributed by atoms with Gasteiger partial charge in [0, 0.05) is 5.69 Å². The van der Waals surface area contributed by atoms with E-state index in [1.807, 2.05) is 6.07 Å². The van der Waals surface area contributed by atoms with Crippen LogP contribution in [0.5, 0.6) is 0 Å². The first kappa shape index (κ1) is 18.8. The molecule has 0 spiro atoms. The van der Waals surface area contributed by atoms with E-state index < -0.39 is 17.6 Å². The van der Waals surface area contributed by atoms with Gasteiger partial charge in [-0.05, 0) is 42.5 Å². The molecule has 0 unspecified atom stereocenters. The predicted octanol–water partition coefficient (Wildman–Crippen LogP) is 4.36. The van der Waals surface area contributed by atoms with Crippen LogP contribution in [0.1, 0.15) is 21.6 Å². The molecule has 2 N–H and O–H groups in total. The quantitative estimate of drug-likeness (QED) is 0.698. The highest BCUT2D eigenvalue weighted by molar-refractivity contribution is 6.02. The van der Waals surface area contributed by atoms with Crippen molar-refractivity contribution in [3.8, 4) is 6.07 Å². The summed E-state index contributed by atoms with van der Waals surface area (Å²) in [4.78, 5) is 12.2. The molecule has 0 aliphatic carbocycles. The fraction of sp³-hybridized carbons (Fsp3) is 0.0526. The maximum Gasteiger partial charge on any atom is 0.416 e. The van der Waals surface area contributed by atoms with Crippen LogP contribution >= 0.6 is 0 Å². The van der Waals surface area contributed by atoms with E-state index in [1.54, 1.807) is 24.3 Å². The van der Waals surface area contributed by atoms with Crippen LogP contribution in [0.25, 0.3) is 0 Å². The third kappa shape index (κ3) is 4.42. The lowest BCUT2D eigenvalue weighted by Gasteiger charge is -2.10. The van der Waals surface area contributed by atoms with Gasteiger partial charge in [-0.25, -0.2) is 0 Å². The lowest BCUT2D eigenvalue weighted by Crippen LogP contribution is -2.15. The Balaban J connectivity index is 1.71. The van der Waals surface area contributed by atoms with Gasteiger partial charge in [0.2, 0.25) is 0 Å². The number of nitriles is 1. The molecule has 0 radical (unpaired) electrons. The van der Waals surface area contributed by atoms with Gasteiger partial charge < -0.3 is 10.6 Å². The third-order valence-electron chi connectivity index (χ3n) is 3.66. The summed E-state index contributed by atoms with van der Waals surface area (Å²) in [6.07, 6.45) is -4.51. The molecule has 1 aromatic heterocycles. The van der Waals surface area contributed by atoms with Crippen molar-refractivity contribution in [2.24, 2.45) is 0 Å². The van der Waals surface area contributed by atoms with Gasteiger partial charge in [0.1, 0.15) is 6.07 Å². The van der Waals surface area contributed by atoms with Crippen molar-refractivity contribution in [2.45, 2.75) is 6.18 Å². The summed E-state index contributed by atoms with van der Waals surface area (Å²) in [5, 5.41) is 22.0. The van der Waals surface area contributed by atoms with E-state index in [2.05, 4.69) is 20.8 Å². The summed E-state index contributed by atoms with van der Waals surface area (Å²) in [6.45, 7) is 0. The van der Waals surface area contributed by atoms with Crippen LogP contribution in [0, 0.1) is 11.3 Å². The van der Waals surface area contributed by atoms with Crippen LogP contribution in [0.3, 0.4) is 0 Å². The number of nitrogens with one attached hydrogen (secondary N) is 2. The Labute approximate surface area is 157 Å². The van der Waals surface area contributed by atoms with Crippen LogP contribution < -0.4 is 10.6 Å². The highest BCUT2D eigenvalue weighted by atomic mass is 19.4. The van der Waals surface area contributed by atoms with Gasteiger partial charge in [0.05, 0.1) is 16.8 Å². The van der Waals surface area contributed by atoms with Gasteiger partial charge in [-0.15, -0.1) is 10.2 Å². The number of amides is 1. The molecule has 0 aliphatic rings. The minimum atomic E-state index is -4.51. The first-order valence-electron chi connectivity index (χ1n) is 7.95. The highest BCUT2D eigenvalue weighted by Gasteiger charge is 2.30. The van der Waals surface area contributed by atoms with Gasteiger partial charge in [0.25, 0.3) is 5.91 Å². The predicted molar refractivity (Wildman–Crippen MR) is 95.9 cm³/mol. The number of carbonyl (C=O) groups is 1. The number of para-hydroxylation sites is 1. The van der Waals surface area contributed by atoms with E-state index in [-0.39, 0.29) is 11.4 Å². The van der Waals surface area contributed by atoms with E-state index in [9.17, 15) is 18.0 Å². The molecule has 1 heterocycles. The number of rotatable bonds is 4. The maximum absolute atomic E-state index is 12.7. The molecule has 28 heavy (non-hydrogen) atoms. The minimum Gasteiger partial charge on any atom is -0.338 e. The molecular formula is C19H12F3N5O. The van der Waals surface area contributed by atoms with Crippen molar-refractivity contribution in [3.05, 3.63) is 77.5 Å². The Bertz CT molecular complexity index is 1040. The summed E-state index contributed by atoms with van der Waals surface area (Å²) in [5.41, 5.74) is -0.00784. The Morgan fingerprint density at radius 3 is 2.46 bits per heavy atom. The SMILES string of the molecule is N#Cc1ccccc1Nc1ccc(C(=O)Nc2cccc(C(F)(F)F)c2)nn1. The summed E-state index contributed by atoms with van der Waals surface area (Å²) in [5.74, 6) is -0.394. The number of aromatic nitrogens is 2. The molecule has 6 nitrogen and oxygen atoms in total. The third-order valence-corrected chi connectivity index (χ3v) is 3.66. The average Bonchev–Trinajstić information content (AvgIpc) is 2.68. The molecule has 1 amide bonds. The van der Waals surface area contributed by atoms with E-state index in [4.69, 9.17) is 5.26 Å². The number of hydrogen-bond acceptors (Lipinski definition) is 5. The normalized spacial score (nSPS) is 10.8. The summed E-state index contributed by atoms with van der Waals surface area (Å²) in [6, 6.07) is 15.9. The zero-order valence-electron chi connectivity index (χ0n) is 14.2. The van der Waals surface area contributed by atoms with Crippen LogP contribution in [-0.2, 0) is 6.18 Å². The largest absolute Gasteiger partial charge is 0.416 e. The molecule has 3 aromatic rings. The van der Waals surface area contributed by atoms with Crippen molar-refractivity contribution in [1.29, 1.82) is 5.26 Å². The van der Waals surface area contributed by atoms with Gasteiger partial charge in [-0.1, -0.05) is 18.2 Å². The van der Waals surface area contributed by atoms with Gasteiger partial charge in [-0.3, -0.25) is 4.79 Å². The van der Waals surface area contributed by atoms with E-state index in [0.717, 1.165) is 12.1 Å². The average molecular weight is 383 g/mol. The van der Waals surface area contributed by atoms with E-state index in [1.165, 1.54) is 24.3 Å². The zero-order valence-corrected chi connectivity index (χ0v) is 14.2. The van der Waals surface area contributed by atoms with E-state index in [0.29, 0.717) is 17.1 Å². The van der Waals surface area contributed by atoms with Crippen molar-refractivity contribution < 1.29 is 18.0 Å². The molecule has 2 aromatic carbocycles. The number of halogens is 3. The van der Waals surface area contributed by atoms with Crippen molar-refractivity contribution in [3.63, 3.8) is 0 Å². The Morgan fingerprint density at radius 2 is 1.79 bits per heavy atom. The number of anilines is 3. The lowest BCUT2D eigenvalue weighted by molar-refractivity contribution is -0.137. The first-order valence-corrected chi connectivity index (χ1v) is 7.95. The molecule has 0 atom stereocenters. The van der Waals surface area contributed by atoms with Crippen LogP contribution in [0.4, 0.5) is 30.4 Å². The minimum absolute atomic E-state index is 0.00762. The van der Waals surface area contributed by atoms with Crippen LogP contribution in [0.2, 0.25) is 0 Å². The second-order valence-corrected chi connectivity index (χ2v) is 5.62. The number of alkyl halides is 3. The van der Waals surface area contributed by atoms with Crippen LogP contribution in [-0.4, -0.2) is 16.1 Å². The van der Waals surface area contributed by atoms with Gasteiger partial charge >= 0.3 is 6.18 Å². The van der Waals surface area contributed by atoms with Crippen molar-refractivity contribution >= 4 is 23.1 Å². The lowest BCUT2D eigenvalue weighted by atomic mass is 10.2. The van der Waals surface area contributed by atoms with Crippen molar-refractivity contribution in [1.82, 2.24) is 10.2 Å². The number of nitrogens with zero attached hydrogens (tertiary/aromatic N) is 3. The van der Waals surface area contributed by atoms with Gasteiger partial charge in [0.15, 0.2) is 11.5 Å². The molecule has 0 fully saturated rings. The highest BCUT2D eigenvalue weighted by Crippen LogP contribution is 2.30. The molecule has 9 heteroatoms. The van der Waals surface area contributed by atoms with E-state index >= 15 is 0 Å². The zero-order chi connectivity index (χ0) is 20.1. The Kier molecular flexibility index (Phi) is 5.22. The van der Waals surface area contributed by atoms with Gasteiger partial charge in [-0.2, -0.15) is 18.4 Å². The topological polar surface area (TPSA) is 90.7 Å². The number of carbonyl (C=O) groups excluding carboxylic acids is 1. The first-order chi connectivity index (χ1) is 13.4. The van der Waals surface area contributed by atoms with Crippen LogP contribution in [0.15, 0.2) is 60.7 Å². The smallest absolute Gasteiger partial charge is 0.338 e. The fourth-order valence-corrected chi connectivity index (χ4v) is 2.32. The number of benzene rings is 2. The molecular weight excluding hydrogens is 371 g/mol. The molecule has 140 valence electrons. The number of hydrogen-bond donors (Lipinski definition) is 2. The summed E-state index contributed by atoms with van der Waals surface area (Å²) >= 11 is 0. The fourth-order valence-electron chi connectivity index (χ4n) is 2.32. The Hall–Kier alpha value is -3.93. The van der Waals surface area contributed by atoms with Crippen molar-refractivity contribution in [2.75, 3.05) is 10.6 Å².